The molecule has 0 atom stereocenters. The third-order valence-electron chi connectivity index (χ3n) is 7.71. The smallest absolute Gasteiger partial charge is 0.0497 e. The number of para-hydroxylation sites is 2. The van der Waals surface area contributed by atoms with Gasteiger partial charge in [0.05, 0.1) is 0 Å². The van der Waals surface area contributed by atoms with E-state index in [1.54, 1.807) is 0 Å². The molecule has 0 N–H and O–H groups in total. The van der Waals surface area contributed by atoms with Crippen LogP contribution in [0.25, 0.3) is 65.9 Å². The lowest BCUT2D eigenvalue weighted by molar-refractivity contribution is 0.827. The molecule has 0 amide bonds. The van der Waals surface area contributed by atoms with Crippen LogP contribution in [-0.4, -0.2) is 9.13 Å². The van der Waals surface area contributed by atoms with Crippen LogP contribution in [0.15, 0.2) is 109 Å². The first kappa shape index (κ1) is 21.0. The fourth-order valence-corrected chi connectivity index (χ4v) is 6.02. The van der Waals surface area contributed by atoms with E-state index in [-0.39, 0.29) is 0 Å². The fraction of sp³-hybridized carbons (Fsp3) is 0.118. The zero-order valence-electron chi connectivity index (χ0n) is 20.7. The van der Waals surface area contributed by atoms with Gasteiger partial charge in [-0.15, -0.1) is 0 Å². The maximum Gasteiger partial charge on any atom is 0.0497 e. The SMILES string of the molecule is CCn1c2ccccc2c2cc(-c3cccc(-c4ccc5c6ccccc6n(CC)c5c4)c3)ccc21. The van der Waals surface area contributed by atoms with Crippen LogP contribution in [0.5, 0.6) is 0 Å². The summed E-state index contributed by atoms with van der Waals surface area (Å²) < 4.78 is 4.84. The molecule has 174 valence electrons. The van der Waals surface area contributed by atoms with Gasteiger partial charge in [0.15, 0.2) is 0 Å². The Labute approximate surface area is 211 Å². The summed E-state index contributed by atoms with van der Waals surface area (Å²) in [5.41, 5.74) is 10.2. The molecule has 0 aliphatic heterocycles. The van der Waals surface area contributed by atoms with Crippen molar-refractivity contribution in [3.05, 3.63) is 109 Å². The first-order valence-electron chi connectivity index (χ1n) is 12.9. The average Bonchev–Trinajstić information content (AvgIpc) is 3.44. The molecule has 2 nitrogen and oxygen atoms in total. The molecule has 2 heteroatoms. The quantitative estimate of drug-likeness (QED) is 0.246. The van der Waals surface area contributed by atoms with Gasteiger partial charge in [0.25, 0.3) is 0 Å². The minimum atomic E-state index is 0.957. The average molecular weight is 465 g/mol. The van der Waals surface area contributed by atoms with E-state index in [4.69, 9.17) is 0 Å². The molecule has 5 aromatic carbocycles. The van der Waals surface area contributed by atoms with Gasteiger partial charge in [-0.05, 0) is 72.5 Å². The van der Waals surface area contributed by atoms with Crippen molar-refractivity contribution in [2.45, 2.75) is 26.9 Å². The Kier molecular flexibility index (Phi) is 4.75. The Morgan fingerprint density at radius 3 is 1.58 bits per heavy atom. The molecule has 0 aliphatic rings. The van der Waals surface area contributed by atoms with Gasteiger partial charge < -0.3 is 9.13 Å². The molecule has 7 rings (SSSR count). The Balaban J connectivity index is 1.37. The lowest BCUT2D eigenvalue weighted by Crippen LogP contribution is -1.93. The molecule has 0 unspecified atom stereocenters. The molecule has 7 aromatic rings. The Morgan fingerprint density at radius 2 is 0.889 bits per heavy atom. The predicted octanol–water partition coefficient (Wildman–Crippen LogP) is 9.28. The largest absolute Gasteiger partial charge is 0.341 e. The third-order valence-corrected chi connectivity index (χ3v) is 7.71. The molecular formula is C34H28N2. The topological polar surface area (TPSA) is 9.86 Å². The highest BCUT2D eigenvalue weighted by atomic mass is 15.0. The van der Waals surface area contributed by atoms with E-state index in [2.05, 4.69) is 132 Å². The highest BCUT2D eigenvalue weighted by molar-refractivity contribution is 6.10. The molecule has 0 spiro atoms. The highest BCUT2D eigenvalue weighted by Crippen LogP contribution is 2.36. The number of hydrogen-bond acceptors (Lipinski definition) is 0. The molecule has 0 bridgehead atoms. The lowest BCUT2D eigenvalue weighted by Gasteiger charge is -2.09. The molecule has 2 aromatic heterocycles. The zero-order valence-corrected chi connectivity index (χ0v) is 20.7. The second kappa shape index (κ2) is 8.13. The summed E-state index contributed by atoms with van der Waals surface area (Å²) in [6.07, 6.45) is 0. The molecule has 0 saturated carbocycles. The first-order valence-corrected chi connectivity index (χ1v) is 12.9. The van der Waals surface area contributed by atoms with Gasteiger partial charge in [-0.25, -0.2) is 0 Å². The molecular weight excluding hydrogens is 436 g/mol. The van der Waals surface area contributed by atoms with Crippen molar-refractivity contribution >= 4 is 43.6 Å². The fourth-order valence-electron chi connectivity index (χ4n) is 6.02. The van der Waals surface area contributed by atoms with Crippen molar-refractivity contribution in [2.75, 3.05) is 0 Å². The van der Waals surface area contributed by atoms with Crippen molar-refractivity contribution in [2.24, 2.45) is 0 Å². The van der Waals surface area contributed by atoms with Crippen LogP contribution in [-0.2, 0) is 13.1 Å². The van der Waals surface area contributed by atoms with Crippen LogP contribution < -0.4 is 0 Å². The lowest BCUT2D eigenvalue weighted by atomic mass is 9.97. The molecule has 0 radical (unpaired) electrons. The molecule has 2 heterocycles. The van der Waals surface area contributed by atoms with Crippen molar-refractivity contribution in [3.8, 4) is 22.3 Å². The molecule has 0 saturated heterocycles. The summed E-state index contributed by atoms with van der Waals surface area (Å²) in [5, 5.41) is 5.30. The number of rotatable bonds is 4. The summed E-state index contributed by atoms with van der Waals surface area (Å²) in [5.74, 6) is 0. The van der Waals surface area contributed by atoms with Crippen LogP contribution >= 0.6 is 0 Å². The van der Waals surface area contributed by atoms with Crippen LogP contribution in [0.3, 0.4) is 0 Å². The monoisotopic (exact) mass is 464 g/mol. The Morgan fingerprint density at radius 1 is 0.389 bits per heavy atom. The van der Waals surface area contributed by atoms with E-state index in [1.807, 2.05) is 0 Å². The minimum absolute atomic E-state index is 0.957. The Bertz CT molecular complexity index is 1920. The maximum absolute atomic E-state index is 2.43. The summed E-state index contributed by atoms with van der Waals surface area (Å²) in [7, 11) is 0. The van der Waals surface area contributed by atoms with Crippen molar-refractivity contribution in [1.82, 2.24) is 9.13 Å². The third kappa shape index (κ3) is 3.04. The number of aryl methyl sites for hydroxylation is 2. The van der Waals surface area contributed by atoms with Crippen LogP contribution in [0.2, 0.25) is 0 Å². The molecule has 0 aliphatic carbocycles. The van der Waals surface area contributed by atoms with Crippen molar-refractivity contribution < 1.29 is 0 Å². The number of benzene rings is 5. The van der Waals surface area contributed by atoms with Crippen LogP contribution in [0.4, 0.5) is 0 Å². The Hall–Kier alpha value is -4.30. The van der Waals surface area contributed by atoms with Gasteiger partial charge in [-0.2, -0.15) is 0 Å². The van der Waals surface area contributed by atoms with E-state index in [9.17, 15) is 0 Å². The van der Waals surface area contributed by atoms with E-state index >= 15 is 0 Å². The van der Waals surface area contributed by atoms with Gasteiger partial charge in [-0.3, -0.25) is 0 Å². The summed E-state index contributed by atoms with van der Waals surface area (Å²) in [4.78, 5) is 0. The van der Waals surface area contributed by atoms with Crippen LogP contribution in [0, 0.1) is 0 Å². The van der Waals surface area contributed by atoms with Gasteiger partial charge in [0.2, 0.25) is 0 Å². The normalized spacial score (nSPS) is 11.8. The van der Waals surface area contributed by atoms with E-state index < -0.39 is 0 Å². The number of aromatic nitrogens is 2. The van der Waals surface area contributed by atoms with Crippen LogP contribution in [0.1, 0.15) is 13.8 Å². The second-order valence-corrected chi connectivity index (χ2v) is 9.57. The standard InChI is InChI=1S/C34H28N2/c1-3-35-32-15-8-6-13-28(32)30-21-25(17-19-33(30)35)23-10-9-11-24(20-23)26-16-18-29-27-12-5-7-14-31(27)36(4-2)34(29)22-26/h5-22H,3-4H2,1-2H3. The predicted molar refractivity (Wildman–Crippen MR) is 155 cm³/mol. The summed E-state index contributed by atoms with van der Waals surface area (Å²) in [6, 6.07) is 40.3. The highest BCUT2D eigenvalue weighted by Gasteiger charge is 2.13. The molecule has 36 heavy (non-hydrogen) atoms. The number of nitrogens with zero attached hydrogens (tertiary/aromatic N) is 2. The zero-order chi connectivity index (χ0) is 24.2. The van der Waals surface area contributed by atoms with Gasteiger partial charge >= 0.3 is 0 Å². The maximum atomic E-state index is 2.43. The van der Waals surface area contributed by atoms with E-state index in [0.29, 0.717) is 0 Å². The second-order valence-electron chi connectivity index (χ2n) is 9.57. The van der Waals surface area contributed by atoms with Gasteiger partial charge in [0.1, 0.15) is 0 Å². The van der Waals surface area contributed by atoms with Gasteiger partial charge in [-0.1, -0.05) is 72.8 Å². The first-order chi connectivity index (χ1) is 17.8. The van der Waals surface area contributed by atoms with Crippen molar-refractivity contribution in [3.63, 3.8) is 0 Å². The number of fused-ring (bicyclic) bond motifs is 6. The summed E-state index contributed by atoms with van der Waals surface area (Å²) in [6.45, 7) is 6.37. The minimum Gasteiger partial charge on any atom is -0.341 e. The van der Waals surface area contributed by atoms with E-state index in [0.717, 1.165) is 13.1 Å². The van der Waals surface area contributed by atoms with Crippen molar-refractivity contribution in [1.29, 1.82) is 0 Å². The van der Waals surface area contributed by atoms with Gasteiger partial charge in [0, 0.05) is 56.7 Å². The number of hydrogen-bond donors (Lipinski definition) is 0. The molecule has 0 fully saturated rings. The summed E-state index contributed by atoms with van der Waals surface area (Å²) >= 11 is 0. The van der Waals surface area contributed by atoms with E-state index in [1.165, 1.54) is 65.9 Å².